The van der Waals surface area contributed by atoms with Gasteiger partial charge in [0.25, 0.3) is 0 Å². The molecule has 2 fully saturated rings. The summed E-state index contributed by atoms with van der Waals surface area (Å²) in [6, 6.07) is 0. The second-order valence-corrected chi connectivity index (χ2v) is 4.60. The Hall–Kier alpha value is 0.110. The van der Waals surface area contributed by atoms with Crippen LogP contribution in [0.4, 0.5) is 0 Å². The van der Waals surface area contributed by atoms with Crippen LogP contribution < -0.4 is 0 Å². The molecule has 2 bridgehead atoms. The summed E-state index contributed by atoms with van der Waals surface area (Å²) in [4.78, 5) is 0. The van der Waals surface area contributed by atoms with E-state index >= 15 is 0 Å². The molecular weight excluding hydrogens is 148 g/mol. The SMILES string of the molecule is O=S([O-])C1CC2CCC1C2. The van der Waals surface area contributed by atoms with Crippen LogP contribution in [0, 0.1) is 11.8 Å². The first-order valence-electron chi connectivity index (χ1n) is 3.85. The zero-order valence-corrected chi connectivity index (χ0v) is 6.60. The van der Waals surface area contributed by atoms with Gasteiger partial charge in [-0.1, -0.05) is 17.5 Å². The largest absolute Gasteiger partial charge is 0.772 e. The average molecular weight is 159 g/mol. The van der Waals surface area contributed by atoms with Crippen molar-refractivity contribution in [1.29, 1.82) is 0 Å². The molecule has 0 saturated heterocycles. The Labute approximate surface area is 63.3 Å². The van der Waals surface area contributed by atoms with Gasteiger partial charge in [-0.05, 0) is 31.1 Å². The number of hydrogen-bond acceptors (Lipinski definition) is 2. The molecule has 3 heteroatoms. The molecule has 0 spiro atoms. The van der Waals surface area contributed by atoms with Crippen LogP contribution in [0.2, 0.25) is 0 Å². The van der Waals surface area contributed by atoms with E-state index in [2.05, 4.69) is 0 Å². The van der Waals surface area contributed by atoms with Crippen LogP contribution >= 0.6 is 0 Å². The lowest BCUT2D eigenvalue weighted by molar-refractivity contribution is 0.446. The fourth-order valence-corrected chi connectivity index (χ4v) is 3.41. The Kier molecular flexibility index (Phi) is 1.57. The van der Waals surface area contributed by atoms with E-state index in [9.17, 15) is 8.76 Å². The molecule has 58 valence electrons. The molecule has 10 heavy (non-hydrogen) atoms. The zero-order chi connectivity index (χ0) is 7.14. The summed E-state index contributed by atoms with van der Waals surface area (Å²) in [5.41, 5.74) is 0. The smallest absolute Gasteiger partial charge is 0.0246 e. The minimum Gasteiger partial charge on any atom is -0.772 e. The quantitative estimate of drug-likeness (QED) is 0.536. The fraction of sp³-hybridized carbons (Fsp3) is 1.00. The average Bonchev–Trinajstić information content (AvgIpc) is 2.44. The highest BCUT2D eigenvalue weighted by atomic mass is 32.2. The van der Waals surface area contributed by atoms with Gasteiger partial charge in [0, 0.05) is 5.25 Å². The summed E-state index contributed by atoms with van der Waals surface area (Å²) in [6.45, 7) is 0. The Morgan fingerprint density at radius 3 is 2.40 bits per heavy atom. The number of rotatable bonds is 1. The highest BCUT2D eigenvalue weighted by molar-refractivity contribution is 7.79. The van der Waals surface area contributed by atoms with Gasteiger partial charge in [-0.25, -0.2) is 0 Å². The molecule has 0 N–H and O–H groups in total. The van der Waals surface area contributed by atoms with Gasteiger partial charge >= 0.3 is 0 Å². The highest BCUT2D eigenvalue weighted by Gasteiger charge is 2.39. The zero-order valence-electron chi connectivity index (χ0n) is 5.79. The van der Waals surface area contributed by atoms with Crippen molar-refractivity contribution in [1.82, 2.24) is 0 Å². The van der Waals surface area contributed by atoms with Gasteiger partial charge in [0.1, 0.15) is 0 Å². The molecule has 0 amide bonds. The third-order valence-electron chi connectivity index (χ3n) is 2.92. The van der Waals surface area contributed by atoms with Gasteiger partial charge in [-0.3, -0.25) is 4.21 Å². The molecule has 4 atom stereocenters. The third kappa shape index (κ3) is 0.920. The maximum Gasteiger partial charge on any atom is 0.0246 e. The molecule has 2 saturated carbocycles. The standard InChI is InChI=1S/C7H12O2S/c8-10(9)7-4-5-1-2-6(7)3-5/h5-7H,1-4H2,(H,8,9)/p-1. The summed E-state index contributed by atoms with van der Waals surface area (Å²) in [5, 5.41) is 0.0127. The van der Waals surface area contributed by atoms with Crippen molar-refractivity contribution in [3.05, 3.63) is 0 Å². The second kappa shape index (κ2) is 2.31. The molecule has 2 nitrogen and oxygen atoms in total. The molecule has 0 radical (unpaired) electrons. The van der Waals surface area contributed by atoms with E-state index in [4.69, 9.17) is 0 Å². The molecule has 0 aliphatic heterocycles. The van der Waals surface area contributed by atoms with E-state index in [1.807, 2.05) is 0 Å². The maximum atomic E-state index is 10.6. The van der Waals surface area contributed by atoms with Crippen molar-refractivity contribution in [3.63, 3.8) is 0 Å². The van der Waals surface area contributed by atoms with Crippen LogP contribution in [0.15, 0.2) is 0 Å². The van der Waals surface area contributed by atoms with Crippen LogP contribution in [-0.4, -0.2) is 14.0 Å². The minimum absolute atomic E-state index is 0.0127. The van der Waals surface area contributed by atoms with Crippen molar-refractivity contribution >= 4 is 11.1 Å². The van der Waals surface area contributed by atoms with Crippen LogP contribution in [0.1, 0.15) is 25.7 Å². The van der Waals surface area contributed by atoms with Crippen LogP contribution in [-0.2, 0) is 11.1 Å². The first-order chi connectivity index (χ1) is 4.77. The van der Waals surface area contributed by atoms with Crippen molar-refractivity contribution in [3.8, 4) is 0 Å². The predicted molar refractivity (Wildman–Crippen MR) is 38.2 cm³/mol. The lowest BCUT2D eigenvalue weighted by Crippen LogP contribution is -2.21. The van der Waals surface area contributed by atoms with Crippen molar-refractivity contribution in [2.45, 2.75) is 30.9 Å². The van der Waals surface area contributed by atoms with E-state index in [1.54, 1.807) is 0 Å². The first-order valence-corrected chi connectivity index (χ1v) is 4.99. The molecule has 2 aliphatic rings. The van der Waals surface area contributed by atoms with Crippen molar-refractivity contribution in [2.24, 2.45) is 11.8 Å². The number of hydrogen-bond donors (Lipinski definition) is 0. The summed E-state index contributed by atoms with van der Waals surface area (Å²) >= 11 is -1.79. The van der Waals surface area contributed by atoms with E-state index in [1.165, 1.54) is 12.8 Å². The topological polar surface area (TPSA) is 40.1 Å². The van der Waals surface area contributed by atoms with Crippen LogP contribution in [0.5, 0.6) is 0 Å². The lowest BCUT2D eigenvalue weighted by Gasteiger charge is -2.23. The highest BCUT2D eigenvalue weighted by Crippen LogP contribution is 2.46. The van der Waals surface area contributed by atoms with Gasteiger partial charge in [0.15, 0.2) is 0 Å². The van der Waals surface area contributed by atoms with Gasteiger partial charge < -0.3 is 4.55 Å². The fourth-order valence-electron chi connectivity index (χ4n) is 2.42. The van der Waals surface area contributed by atoms with Gasteiger partial charge in [-0.15, -0.1) is 0 Å². The summed E-state index contributed by atoms with van der Waals surface area (Å²) in [6.07, 6.45) is 4.56. The third-order valence-corrected chi connectivity index (χ3v) is 3.99. The van der Waals surface area contributed by atoms with Gasteiger partial charge in [-0.2, -0.15) is 0 Å². The van der Waals surface area contributed by atoms with Crippen molar-refractivity contribution in [2.75, 3.05) is 0 Å². The predicted octanol–water partition coefficient (Wildman–Crippen LogP) is 1.05. The van der Waals surface area contributed by atoms with E-state index in [0.717, 1.165) is 18.8 Å². The van der Waals surface area contributed by atoms with Crippen LogP contribution in [0.25, 0.3) is 0 Å². The molecular formula is C7H11O2S-. The first kappa shape index (κ1) is 6.80. The molecule has 2 aliphatic carbocycles. The summed E-state index contributed by atoms with van der Waals surface area (Å²) < 4.78 is 21.2. The van der Waals surface area contributed by atoms with Gasteiger partial charge in [0.2, 0.25) is 0 Å². The van der Waals surface area contributed by atoms with Crippen molar-refractivity contribution < 1.29 is 8.76 Å². The Morgan fingerprint density at radius 2 is 2.10 bits per heavy atom. The van der Waals surface area contributed by atoms with E-state index < -0.39 is 11.1 Å². The minimum atomic E-state index is -1.79. The second-order valence-electron chi connectivity index (χ2n) is 3.47. The lowest BCUT2D eigenvalue weighted by atomic mass is 10.0. The molecule has 2 rings (SSSR count). The van der Waals surface area contributed by atoms with Crippen LogP contribution in [0.3, 0.4) is 0 Å². The Bertz CT molecular complexity index is 169. The molecule has 0 aromatic carbocycles. The van der Waals surface area contributed by atoms with E-state index in [0.29, 0.717) is 5.92 Å². The van der Waals surface area contributed by atoms with E-state index in [-0.39, 0.29) is 5.25 Å². The summed E-state index contributed by atoms with van der Waals surface area (Å²) in [7, 11) is 0. The molecule has 0 aromatic rings. The number of fused-ring (bicyclic) bond motifs is 2. The molecule has 0 heterocycles. The normalized spacial score (nSPS) is 47.9. The molecule has 0 aromatic heterocycles. The summed E-state index contributed by atoms with van der Waals surface area (Å²) in [5.74, 6) is 1.26. The Balaban J connectivity index is 2.08. The van der Waals surface area contributed by atoms with Gasteiger partial charge in [0.05, 0.1) is 0 Å². The molecule has 4 unspecified atom stereocenters. The Morgan fingerprint density at radius 1 is 1.30 bits per heavy atom. The monoisotopic (exact) mass is 159 g/mol. The maximum absolute atomic E-state index is 10.6.